The van der Waals surface area contributed by atoms with E-state index in [9.17, 15) is 4.79 Å². The summed E-state index contributed by atoms with van der Waals surface area (Å²) in [5.41, 5.74) is 2.13. The molecule has 20 heavy (non-hydrogen) atoms. The maximum atomic E-state index is 12.0. The quantitative estimate of drug-likeness (QED) is 0.929. The molecule has 1 amide bonds. The number of rotatable bonds is 4. The first-order chi connectivity index (χ1) is 9.83. The Morgan fingerprint density at radius 1 is 1.30 bits per heavy atom. The predicted molar refractivity (Wildman–Crippen MR) is 78.2 cm³/mol. The monoisotopic (exact) mass is 271 g/mol. The Balaban J connectivity index is 1.54. The van der Waals surface area contributed by atoms with E-state index in [-0.39, 0.29) is 5.91 Å². The highest BCUT2D eigenvalue weighted by Gasteiger charge is 2.17. The molecule has 2 aromatic rings. The normalized spacial score (nSPS) is 16.4. The number of carbonyl (C=O) groups is 1. The molecule has 4 nitrogen and oxygen atoms in total. The second-order valence-electron chi connectivity index (χ2n) is 5.69. The number of pyridine rings is 1. The van der Waals surface area contributed by atoms with E-state index in [4.69, 9.17) is 0 Å². The molecule has 0 radical (unpaired) electrons. The molecule has 106 valence electrons. The van der Waals surface area contributed by atoms with Gasteiger partial charge in [-0.15, -0.1) is 0 Å². The molecule has 1 aliphatic carbocycles. The minimum atomic E-state index is 0.173. The van der Waals surface area contributed by atoms with E-state index in [0.29, 0.717) is 18.9 Å². The van der Waals surface area contributed by atoms with Gasteiger partial charge in [-0.25, -0.2) is 4.52 Å². The zero-order valence-corrected chi connectivity index (χ0v) is 11.7. The van der Waals surface area contributed by atoms with Crippen molar-refractivity contribution >= 4 is 11.4 Å². The molecule has 0 aliphatic heterocycles. The van der Waals surface area contributed by atoms with Gasteiger partial charge in [0.25, 0.3) is 0 Å². The fourth-order valence-electron chi connectivity index (χ4n) is 3.04. The van der Waals surface area contributed by atoms with E-state index in [1.807, 2.05) is 35.1 Å². The van der Waals surface area contributed by atoms with Crippen LogP contribution in [0.15, 0.2) is 30.6 Å². The summed E-state index contributed by atoms with van der Waals surface area (Å²) in [6.45, 7) is 0.569. The van der Waals surface area contributed by atoms with Gasteiger partial charge in [0, 0.05) is 24.7 Å². The minimum Gasteiger partial charge on any atom is -0.352 e. The molecule has 1 saturated carbocycles. The predicted octanol–water partition coefficient (Wildman–Crippen LogP) is 2.92. The Kier molecular flexibility index (Phi) is 4.00. The molecule has 2 aromatic heterocycles. The largest absolute Gasteiger partial charge is 0.352 e. The van der Waals surface area contributed by atoms with Crippen molar-refractivity contribution in [1.82, 2.24) is 14.9 Å². The highest BCUT2D eigenvalue weighted by molar-refractivity contribution is 5.76. The van der Waals surface area contributed by atoms with Gasteiger partial charge in [0.15, 0.2) is 0 Å². The molecule has 1 aliphatic rings. The fourth-order valence-corrected chi connectivity index (χ4v) is 3.04. The topological polar surface area (TPSA) is 46.4 Å². The maximum Gasteiger partial charge on any atom is 0.220 e. The van der Waals surface area contributed by atoms with Crippen molar-refractivity contribution in [1.29, 1.82) is 0 Å². The maximum absolute atomic E-state index is 12.0. The van der Waals surface area contributed by atoms with Crippen molar-refractivity contribution in [3.8, 4) is 0 Å². The fraction of sp³-hybridized carbons (Fsp3) is 0.500. The van der Waals surface area contributed by atoms with Crippen LogP contribution in [0.4, 0.5) is 0 Å². The lowest BCUT2D eigenvalue weighted by atomic mass is 9.87. The lowest BCUT2D eigenvalue weighted by Gasteiger charge is -2.20. The molecule has 0 bridgehead atoms. The standard InChI is InChI=1S/C16H21N3O/c20-16(10-13-6-2-1-3-7-13)17-11-14-12-18-19-9-5-4-8-15(14)19/h4-5,8-9,12-13H,1-3,6-7,10-11H2,(H,17,20). The first-order valence-corrected chi connectivity index (χ1v) is 7.51. The lowest BCUT2D eigenvalue weighted by molar-refractivity contribution is -0.122. The zero-order chi connectivity index (χ0) is 13.8. The second-order valence-corrected chi connectivity index (χ2v) is 5.69. The van der Waals surface area contributed by atoms with Gasteiger partial charge in [-0.3, -0.25) is 4.79 Å². The third-order valence-electron chi connectivity index (χ3n) is 4.18. The average molecular weight is 271 g/mol. The van der Waals surface area contributed by atoms with Gasteiger partial charge in [0.2, 0.25) is 5.91 Å². The zero-order valence-electron chi connectivity index (χ0n) is 11.7. The van der Waals surface area contributed by atoms with Crippen molar-refractivity contribution in [3.63, 3.8) is 0 Å². The summed E-state index contributed by atoms with van der Waals surface area (Å²) in [6.07, 6.45) is 10.8. The van der Waals surface area contributed by atoms with Crippen molar-refractivity contribution in [2.75, 3.05) is 0 Å². The highest BCUT2D eigenvalue weighted by Crippen LogP contribution is 2.26. The van der Waals surface area contributed by atoms with Gasteiger partial charge in [-0.05, 0) is 30.9 Å². The number of nitrogens with zero attached hydrogens (tertiary/aromatic N) is 2. The third kappa shape index (κ3) is 3.00. The van der Waals surface area contributed by atoms with Crippen LogP contribution in [-0.2, 0) is 11.3 Å². The van der Waals surface area contributed by atoms with E-state index in [1.165, 1.54) is 32.1 Å². The number of aromatic nitrogens is 2. The van der Waals surface area contributed by atoms with Crippen molar-refractivity contribution in [2.45, 2.75) is 45.1 Å². The van der Waals surface area contributed by atoms with Gasteiger partial charge >= 0.3 is 0 Å². The van der Waals surface area contributed by atoms with Gasteiger partial charge in [0.05, 0.1) is 11.7 Å². The smallest absolute Gasteiger partial charge is 0.220 e. The Bertz CT molecular complexity index is 584. The Labute approximate surface area is 119 Å². The van der Waals surface area contributed by atoms with Crippen LogP contribution < -0.4 is 5.32 Å². The minimum absolute atomic E-state index is 0.173. The Hall–Kier alpha value is -1.84. The molecule has 0 unspecified atom stereocenters. The van der Waals surface area contributed by atoms with Crippen LogP contribution in [0, 0.1) is 5.92 Å². The molecule has 0 spiro atoms. The summed E-state index contributed by atoms with van der Waals surface area (Å²) < 4.78 is 1.84. The van der Waals surface area contributed by atoms with Crippen molar-refractivity contribution in [3.05, 3.63) is 36.2 Å². The van der Waals surface area contributed by atoms with E-state index in [2.05, 4.69) is 10.4 Å². The molecule has 0 saturated heterocycles. The number of carbonyl (C=O) groups excluding carboxylic acids is 1. The summed E-state index contributed by atoms with van der Waals surface area (Å²) in [5, 5.41) is 7.31. The molecule has 1 N–H and O–H groups in total. The lowest BCUT2D eigenvalue weighted by Crippen LogP contribution is -2.25. The summed E-state index contributed by atoms with van der Waals surface area (Å²) in [7, 11) is 0. The van der Waals surface area contributed by atoms with Gasteiger partial charge in [0.1, 0.15) is 0 Å². The van der Waals surface area contributed by atoms with E-state index < -0.39 is 0 Å². The number of hydrogen-bond acceptors (Lipinski definition) is 2. The van der Waals surface area contributed by atoms with Crippen LogP contribution in [0.25, 0.3) is 5.52 Å². The van der Waals surface area contributed by atoms with Gasteiger partial charge in [-0.1, -0.05) is 25.3 Å². The molecular formula is C16H21N3O. The number of amides is 1. The van der Waals surface area contributed by atoms with Crippen molar-refractivity contribution < 1.29 is 4.79 Å². The Morgan fingerprint density at radius 3 is 3.00 bits per heavy atom. The van der Waals surface area contributed by atoms with Crippen LogP contribution in [0.1, 0.15) is 44.1 Å². The molecule has 2 heterocycles. The van der Waals surface area contributed by atoms with Crippen LogP contribution >= 0.6 is 0 Å². The van der Waals surface area contributed by atoms with Crippen LogP contribution in [0.2, 0.25) is 0 Å². The summed E-state index contributed by atoms with van der Waals surface area (Å²) in [4.78, 5) is 12.0. The summed E-state index contributed by atoms with van der Waals surface area (Å²) in [6, 6.07) is 5.96. The number of fused-ring (bicyclic) bond motifs is 1. The molecule has 3 rings (SSSR count). The molecular weight excluding hydrogens is 250 g/mol. The number of nitrogens with one attached hydrogen (secondary N) is 1. The van der Waals surface area contributed by atoms with Crippen LogP contribution in [0.5, 0.6) is 0 Å². The molecule has 0 aromatic carbocycles. The van der Waals surface area contributed by atoms with E-state index in [0.717, 1.165) is 11.1 Å². The first kappa shape index (κ1) is 13.2. The van der Waals surface area contributed by atoms with Gasteiger partial charge in [-0.2, -0.15) is 5.10 Å². The highest BCUT2D eigenvalue weighted by atomic mass is 16.1. The van der Waals surface area contributed by atoms with Gasteiger partial charge < -0.3 is 5.32 Å². The third-order valence-corrected chi connectivity index (χ3v) is 4.18. The van der Waals surface area contributed by atoms with E-state index in [1.54, 1.807) is 0 Å². The SMILES string of the molecule is O=C(CC1CCCCC1)NCc1cnn2ccccc12. The van der Waals surface area contributed by atoms with E-state index >= 15 is 0 Å². The molecule has 0 atom stereocenters. The van der Waals surface area contributed by atoms with Crippen LogP contribution in [-0.4, -0.2) is 15.5 Å². The molecule has 1 fully saturated rings. The summed E-state index contributed by atoms with van der Waals surface area (Å²) >= 11 is 0. The number of hydrogen-bond donors (Lipinski definition) is 1. The first-order valence-electron chi connectivity index (χ1n) is 7.51. The Morgan fingerprint density at radius 2 is 2.15 bits per heavy atom. The molecule has 4 heteroatoms. The van der Waals surface area contributed by atoms with Crippen molar-refractivity contribution in [2.24, 2.45) is 5.92 Å². The summed E-state index contributed by atoms with van der Waals surface area (Å²) in [5.74, 6) is 0.764. The van der Waals surface area contributed by atoms with Crippen LogP contribution in [0.3, 0.4) is 0 Å². The average Bonchev–Trinajstić information content (AvgIpc) is 2.89. The second kappa shape index (κ2) is 6.07.